The second-order valence-corrected chi connectivity index (χ2v) is 44.4. The first-order chi connectivity index (χ1) is 69.3. The van der Waals surface area contributed by atoms with E-state index in [0.717, 1.165) is 24.5 Å². The molecular weight excluding hydrogens is 2110 g/mol. The van der Waals surface area contributed by atoms with Gasteiger partial charge in [-0.15, -0.1) is 45.3 Å². The van der Waals surface area contributed by atoms with Crippen LogP contribution in [-0.2, 0) is 72.6 Å². The van der Waals surface area contributed by atoms with Crippen LogP contribution in [0.25, 0.3) is 0 Å². The van der Waals surface area contributed by atoms with Crippen molar-refractivity contribution in [3.05, 3.63) is 250 Å². The summed E-state index contributed by atoms with van der Waals surface area (Å²) in [6, 6.07) is 7.28. The molecule has 4 aromatic heterocycles. The van der Waals surface area contributed by atoms with Gasteiger partial charge in [-0.3, -0.25) is 34.4 Å². The lowest BCUT2D eigenvalue weighted by Crippen LogP contribution is -2.50. The van der Waals surface area contributed by atoms with Gasteiger partial charge in [0.05, 0.1) is 90.6 Å². The minimum Gasteiger partial charge on any atom is -0.481 e. The molecule has 5 fully saturated rings. The molecule has 17 rings (SSSR count). The van der Waals surface area contributed by atoms with Crippen LogP contribution in [0.1, 0.15) is 194 Å². The minimum atomic E-state index is -3.66. The number of halogens is 9. The normalized spacial score (nSPS) is 23.1. The Bertz CT molecular complexity index is 6700. The molecule has 5 aliphatic heterocycles. The van der Waals surface area contributed by atoms with E-state index in [1.165, 1.54) is 112 Å². The fraction of sp³-hybridized carbons (Fsp3) is 0.433. The molecule has 774 valence electrons. The smallest absolute Gasteiger partial charge is 0.338 e. The first-order valence-corrected chi connectivity index (χ1v) is 54.5. The third kappa shape index (κ3) is 24.5. The summed E-state index contributed by atoms with van der Waals surface area (Å²) in [5, 5.41) is 58.6. The number of aliphatic hydroxyl groups is 1. The van der Waals surface area contributed by atoms with Crippen LogP contribution in [0.4, 0.5) is 30.7 Å². The van der Waals surface area contributed by atoms with Crippen molar-refractivity contribution >= 4 is 158 Å². The van der Waals surface area contributed by atoms with E-state index < -0.39 is 149 Å². The number of carbonyl (C=O) groups excluding carboxylic acids is 4. The van der Waals surface area contributed by atoms with E-state index in [1.807, 2.05) is 5.38 Å². The average molecular weight is 2210 g/mol. The zero-order valence-electron chi connectivity index (χ0n) is 79.1. The number of carbonyl (C=O) groups is 7. The summed E-state index contributed by atoms with van der Waals surface area (Å²) < 4.78 is 174. The number of aliphatic hydroxyl groups excluding tert-OH is 1. The van der Waals surface area contributed by atoms with Crippen LogP contribution in [0, 0.1) is 96.0 Å². The van der Waals surface area contributed by atoms with Crippen LogP contribution in [0.15, 0.2) is 170 Å². The van der Waals surface area contributed by atoms with Crippen LogP contribution in [-0.4, -0.2) is 202 Å². The number of carboxylic acids is 3. The molecule has 0 bridgehead atoms. The van der Waals surface area contributed by atoms with Crippen molar-refractivity contribution in [1.82, 2.24) is 49.8 Å². The standard InChI is InChI=1S/C26H28F2N4O6S2.C24H27ClF2N4O5S2.C24H25F2N3O4S.C23H23BrFN3O4S/c1-13-17(3-4-18(27)20(13)28)22-19(26(35)38-2)21(30-23(31-22)24-29-7-10-39-24)14-5-8-32(9-6-14)40(36,37)16-11-15(12-16)25(33)34;1-36-24(33)17-20(13-3-5-14(6-4-13)31(10-11-32)38(2,34)35)29-22(23-28-9-12-37-23)30-21(17)15-7-8-16(26)19(27)18(15)25;1-3-33-24(32)17-19(13-4-6-14(7-5-13)23(30)31)28-21(22-27-10-11-34-22)29-20(17)15-8-9-16(25)18(26)12(15)2;1-2-32-23(31)17-18(12-3-5-13(6-4-12)22(29)30)27-20(21-26-9-10-33-21)28-19(17)15-8-7-14(25)11-16(15)24/h3-4,7,10,14-16,22H,5-6,8-9,11-12H2,1-2H3,(H,30,31)(H,33,34);7-9,12-14,21,32H,3-6,10-11H2,1-2H3,(H,29,30);8-11,13-14,20H,3-7H2,1-2H3,(H,28,29)(H,30,31);7-13,19H,2-6H2,1H3,(H,27,28)(H,29,30)/t15?,16?,22-;13?,14?,21-;13?,14?,20-;12?,13?,19-/m0110/s1. The molecule has 4 aliphatic carbocycles. The molecule has 4 aromatic carbocycles. The second-order valence-electron chi connectivity index (χ2n) is 35.4. The Balaban J connectivity index is 0.000000153. The maximum atomic E-state index is 14.6. The zero-order chi connectivity index (χ0) is 104. The molecule has 9 aliphatic rings. The first kappa shape index (κ1) is 109. The average Bonchev–Trinajstić information content (AvgIpc) is 1.57. The van der Waals surface area contributed by atoms with Gasteiger partial charge >= 0.3 is 41.8 Å². The number of sulfonamides is 2. The number of amidine groups is 4. The van der Waals surface area contributed by atoms with Crippen molar-refractivity contribution in [2.45, 2.75) is 166 Å². The quantitative estimate of drug-likeness (QED) is 0.0103. The van der Waals surface area contributed by atoms with Gasteiger partial charge in [0.1, 0.15) is 30.0 Å². The Labute approximate surface area is 859 Å². The third-order valence-electron chi connectivity index (χ3n) is 26.9. The van der Waals surface area contributed by atoms with Gasteiger partial charge in [-0.1, -0.05) is 51.8 Å². The predicted molar refractivity (Wildman–Crippen MR) is 529 cm³/mol. The van der Waals surface area contributed by atoms with Gasteiger partial charge in [0.2, 0.25) is 20.0 Å². The second kappa shape index (κ2) is 48.1. The number of esters is 4. The highest BCUT2D eigenvalue weighted by Gasteiger charge is 2.49. The highest BCUT2D eigenvalue weighted by Crippen LogP contribution is 2.49. The molecule has 33 nitrogen and oxygen atoms in total. The lowest BCUT2D eigenvalue weighted by Gasteiger charge is -2.40. The first-order valence-electron chi connectivity index (χ1n) is 46.5. The largest absolute Gasteiger partial charge is 0.481 e. The summed E-state index contributed by atoms with van der Waals surface area (Å²) >= 11 is 15.0. The predicted octanol–water partition coefficient (Wildman–Crippen LogP) is 15.9. The number of thiazole rings is 4. The Morgan fingerprint density at radius 1 is 0.469 bits per heavy atom. The van der Waals surface area contributed by atoms with E-state index in [9.17, 15) is 96.4 Å². The highest BCUT2D eigenvalue weighted by atomic mass is 79.9. The van der Waals surface area contributed by atoms with Crippen molar-refractivity contribution in [2.24, 2.45) is 61.4 Å². The molecule has 1 saturated heterocycles. The number of benzene rings is 4. The maximum Gasteiger partial charge on any atom is 0.338 e. The number of methoxy groups -OCH3 is 2. The van der Waals surface area contributed by atoms with Gasteiger partial charge in [-0.2, -0.15) is 4.31 Å². The van der Waals surface area contributed by atoms with E-state index in [1.54, 1.807) is 60.8 Å². The van der Waals surface area contributed by atoms with Crippen molar-refractivity contribution in [1.29, 1.82) is 0 Å². The molecular formula is C97H103BrClF7N14O19S6. The van der Waals surface area contributed by atoms with Gasteiger partial charge in [-0.05, 0) is 206 Å². The molecule has 8 N–H and O–H groups in total. The van der Waals surface area contributed by atoms with Crippen molar-refractivity contribution < 1.29 is 121 Å². The van der Waals surface area contributed by atoms with E-state index in [-0.39, 0.29) is 121 Å². The Morgan fingerprint density at radius 2 is 0.800 bits per heavy atom. The lowest BCUT2D eigenvalue weighted by molar-refractivity contribution is -0.145. The molecule has 0 radical (unpaired) electrons. The number of piperidine rings is 1. The number of ether oxygens (including phenoxy) is 4. The Kier molecular flexibility index (Phi) is 36.2. The molecule has 4 atom stereocenters. The zero-order valence-corrected chi connectivity index (χ0v) is 86.4. The molecule has 4 saturated carbocycles. The summed E-state index contributed by atoms with van der Waals surface area (Å²) in [4.78, 5) is 123. The van der Waals surface area contributed by atoms with E-state index in [0.29, 0.717) is 183 Å². The van der Waals surface area contributed by atoms with Gasteiger partial charge in [0, 0.05) is 111 Å². The van der Waals surface area contributed by atoms with Crippen LogP contribution in [0.2, 0.25) is 5.02 Å². The van der Waals surface area contributed by atoms with Gasteiger partial charge in [0.25, 0.3) is 0 Å². The van der Waals surface area contributed by atoms with E-state index in [2.05, 4.69) is 62.1 Å². The maximum absolute atomic E-state index is 14.6. The number of hydrogen-bond acceptors (Lipinski definition) is 32. The number of aliphatic imine (C=N–C) groups is 4. The van der Waals surface area contributed by atoms with Gasteiger partial charge in [-0.25, -0.2) is 91.0 Å². The molecule has 145 heavy (non-hydrogen) atoms. The minimum absolute atomic E-state index is 0.0000803. The van der Waals surface area contributed by atoms with Gasteiger partial charge < -0.3 is 60.6 Å². The Morgan fingerprint density at radius 3 is 1.13 bits per heavy atom. The van der Waals surface area contributed by atoms with Crippen molar-refractivity contribution in [3.63, 3.8) is 0 Å². The van der Waals surface area contributed by atoms with Crippen LogP contribution in [0.5, 0.6) is 0 Å². The number of nitrogens with zero attached hydrogens (tertiary/aromatic N) is 10. The summed E-state index contributed by atoms with van der Waals surface area (Å²) in [6.45, 7) is 6.69. The third-order valence-corrected chi connectivity index (χ3v) is 34.8. The summed E-state index contributed by atoms with van der Waals surface area (Å²) in [5.74, 6) is -12.4. The van der Waals surface area contributed by atoms with Crippen LogP contribution >= 0.6 is 72.9 Å². The molecule has 48 heteroatoms. The summed E-state index contributed by atoms with van der Waals surface area (Å²) in [5.41, 5.74) is 4.53. The van der Waals surface area contributed by atoms with Crippen molar-refractivity contribution in [2.75, 3.05) is 59.9 Å². The number of nitrogens with one attached hydrogen (secondary N) is 4. The SMILES string of the molecule is CCOC(=O)C1=C(C2CCC(C(=O)O)CC2)NC(c2nccs2)=N[C@@H]1c1ccc(F)c(F)c1C.CCOC(=O)C1=C(C2CCC(C(=O)O)CC2)NC(c2nccs2)=N[C@H]1c1ccc(F)cc1Br.COC(=O)C1=C(C2CCC(N(CCO)S(C)(=O)=O)CC2)NC(c2nccs2)=N[C@@H]1c1ccc(F)c(F)c1Cl.COC(=O)C1=C(C2CCN(S(=O)(=O)C3CC(C(=O)O)C3)CC2)NC(c2nccs2)=N[C@H]1c1ccc(F)c(F)c1C. The fourth-order valence-electron chi connectivity index (χ4n) is 19.4. The summed E-state index contributed by atoms with van der Waals surface area (Å²) in [6.07, 6.45) is 14.8. The Hall–Kier alpha value is -11.4. The lowest BCUT2D eigenvalue weighted by atomic mass is 9.77. The topological polar surface area (TPSA) is 461 Å². The van der Waals surface area contributed by atoms with Crippen LogP contribution < -0.4 is 21.3 Å². The number of carboxylic acid groups (broad SMARTS) is 3. The molecule has 0 spiro atoms. The number of rotatable bonds is 27. The van der Waals surface area contributed by atoms with E-state index >= 15 is 0 Å². The summed E-state index contributed by atoms with van der Waals surface area (Å²) in [7, 11) is -4.75. The van der Waals surface area contributed by atoms with Crippen molar-refractivity contribution in [3.8, 4) is 0 Å². The fourth-order valence-corrected chi connectivity index (χ4v) is 25.9. The van der Waals surface area contributed by atoms with Crippen LogP contribution in [0.3, 0.4) is 0 Å². The highest BCUT2D eigenvalue weighted by molar-refractivity contribution is 9.10. The number of hydrogen-bond donors (Lipinski definition) is 8. The molecule has 8 aromatic rings. The molecule has 9 heterocycles. The van der Waals surface area contributed by atoms with E-state index in [4.69, 9.17) is 50.6 Å². The monoisotopic (exact) mass is 2210 g/mol. The number of allylic oxidation sites excluding steroid dienone is 4. The van der Waals surface area contributed by atoms with Gasteiger partial charge in [0.15, 0.2) is 78.3 Å². The molecule has 0 unspecified atom stereocenters. The number of aromatic nitrogens is 4. The molecule has 0 amide bonds. The number of aliphatic carboxylic acids is 3.